The summed E-state index contributed by atoms with van der Waals surface area (Å²) in [7, 11) is -3.44. The molecular formula is C11H18N2O3S. The van der Waals surface area contributed by atoms with Gasteiger partial charge >= 0.3 is 0 Å². The fraction of sp³-hybridized carbons (Fsp3) is 0.545. The Hall–Kier alpha value is -1.14. The van der Waals surface area contributed by atoms with Crippen LogP contribution in [-0.4, -0.2) is 26.2 Å². The quantitative estimate of drug-likeness (QED) is 0.786. The summed E-state index contributed by atoms with van der Waals surface area (Å²) in [6.07, 6.45) is 2.02. The van der Waals surface area contributed by atoms with Gasteiger partial charge in [-0.25, -0.2) is 0 Å². The predicted octanol–water partition coefficient (Wildman–Crippen LogP) is 1.69. The third-order valence-corrected chi connectivity index (χ3v) is 2.63. The average molecular weight is 258 g/mol. The molecule has 96 valence electrons. The SMILES string of the molecule is CCCNc1ccc(C)nc1COS(C)(=O)=O. The van der Waals surface area contributed by atoms with E-state index in [0.29, 0.717) is 5.69 Å². The van der Waals surface area contributed by atoms with Gasteiger partial charge in [-0.05, 0) is 25.5 Å². The maximum Gasteiger partial charge on any atom is 0.264 e. The first-order valence-corrected chi connectivity index (χ1v) is 7.29. The van der Waals surface area contributed by atoms with Gasteiger partial charge in [0.15, 0.2) is 0 Å². The summed E-state index contributed by atoms with van der Waals surface area (Å²) < 4.78 is 26.6. The van der Waals surface area contributed by atoms with E-state index in [4.69, 9.17) is 4.18 Å². The molecule has 1 rings (SSSR count). The molecule has 5 nitrogen and oxygen atoms in total. The molecule has 0 aliphatic heterocycles. The van der Waals surface area contributed by atoms with Crippen molar-refractivity contribution in [3.63, 3.8) is 0 Å². The van der Waals surface area contributed by atoms with E-state index in [2.05, 4.69) is 17.2 Å². The molecule has 6 heteroatoms. The molecule has 0 fully saturated rings. The molecule has 17 heavy (non-hydrogen) atoms. The Labute approximate surface area is 102 Å². The Morgan fingerprint density at radius 2 is 2.12 bits per heavy atom. The molecule has 0 saturated carbocycles. The van der Waals surface area contributed by atoms with Crippen molar-refractivity contribution in [2.45, 2.75) is 26.9 Å². The fourth-order valence-electron chi connectivity index (χ4n) is 1.30. The standard InChI is InChI=1S/C11H18N2O3S/c1-4-7-12-10-6-5-9(2)13-11(10)8-16-17(3,14)15/h5-6,12H,4,7-8H2,1-3H3. The van der Waals surface area contributed by atoms with Crippen molar-refractivity contribution < 1.29 is 12.6 Å². The number of aromatic nitrogens is 1. The van der Waals surface area contributed by atoms with E-state index in [9.17, 15) is 8.42 Å². The number of hydrogen-bond donors (Lipinski definition) is 1. The van der Waals surface area contributed by atoms with Crippen molar-refractivity contribution in [2.24, 2.45) is 0 Å². The van der Waals surface area contributed by atoms with Crippen LogP contribution in [0.5, 0.6) is 0 Å². The van der Waals surface area contributed by atoms with Gasteiger partial charge in [0.1, 0.15) is 6.61 Å². The minimum atomic E-state index is -3.44. The van der Waals surface area contributed by atoms with Crippen LogP contribution in [0, 0.1) is 6.92 Å². The van der Waals surface area contributed by atoms with Crippen LogP contribution in [0.25, 0.3) is 0 Å². The lowest BCUT2D eigenvalue weighted by Gasteiger charge is -2.11. The molecule has 0 unspecified atom stereocenters. The zero-order valence-corrected chi connectivity index (χ0v) is 11.2. The largest absolute Gasteiger partial charge is 0.384 e. The second-order valence-corrected chi connectivity index (χ2v) is 5.48. The molecule has 1 aromatic heterocycles. The minimum Gasteiger partial charge on any atom is -0.384 e. The van der Waals surface area contributed by atoms with Gasteiger partial charge in [-0.1, -0.05) is 6.92 Å². The van der Waals surface area contributed by atoms with Crippen LogP contribution < -0.4 is 5.32 Å². The van der Waals surface area contributed by atoms with Gasteiger partial charge in [-0.15, -0.1) is 0 Å². The highest BCUT2D eigenvalue weighted by molar-refractivity contribution is 7.85. The zero-order valence-electron chi connectivity index (χ0n) is 10.4. The normalized spacial score (nSPS) is 11.5. The Balaban J connectivity index is 2.83. The monoisotopic (exact) mass is 258 g/mol. The molecule has 0 amide bonds. The first-order valence-electron chi connectivity index (χ1n) is 5.47. The first-order chi connectivity index (χ1) is 7.92. The molecule has 0 atom stereocenters. The molecule has 0 spiro atoms. The second kappa shape index (κ2) is 5.97. The Bertz CT molecular complexity index is 472. The summed E-state index contributed by atoms with van der Waals surface area (Å²) in [6, 6.07) is 3.76. The molecule has 0 bridgehead atoms. The zero-order chi connectivity index (χ0) is 12.9. The summed E-state index contributed by atoms with van der Waals surface area (Å²) >= 11 is 0. The molecular weight excluding hydrogens is 240 g/mol. The predicted molar refractivity (Wildman–Crippen MR) is 67.4 cm³/mol. The summed E-state index contributed by atoms with van der Waals surface area (Å²) in [5, 5.41) is 3.19. The van der Waals surface area contributed by atoms with Gasteiger partial charge in [0.05, 0.1) is 17.6 Å². The van der Waals surface area contributed by atoms with Crippen LogP contribution in [0.15, 0.2) is 12.1 Å². The summed E-state index contributed by atoms with van der Waals surface area (Å²) in [4.78, 5) is 4.28. The third-order valence-electron chi connectivity index (χ3n) is 2.09. The van der Waals surface area contributed by atoms with Crippen LogP contribution in [0.4, 0.5) is 5.69 Å². The van der Waals surface area contributed by atoms with Gasteiger partial charge in [-0.2, -0.15) is 8.42 Å². The van der Waals surface area contributed by atoms with E-state index in [0.717, 1.165) is 30.6 Å². The van der Waals surface area contributed by atoms with Gasteiger partial charge in [-0.3, -0.25) is 9.17 Å². The molecule has 1 N–H and O–H groups in total. The van der Waals surface area contributed by atoms with E-state index in [1.807, 2.05) is 19.1 Å². The van der Waals surface area contributed by atoms with E-state index in [-0.39, 0.29) is 6.61 Å². The van der Waals surface area contributed by atoms with E-state index in [1.165, 1.54) is 0 Å². The highest BCUT2D eigenvalue weighted by Crippen LogP contribution is 2.15. The van der Waals surface area contributed by atoms with Crippen molar-refractivity contribution in [3.05, 3.63) is 23.5 Å². The number of hydrogen-bond acceptors (Lipinski definition) is 5. The van der Waals surface area contributed by atoms with Crippen LogP contribution in [-0.2, 0) is 20.9 Å². The number of pyridine rings is 1. The lowest BCUT2D eigenvalue weighted by molar-refractivity contribution is 0.307. The summed E-state index contributed by atoms with van der Waals surface area (Å²) in [5.41, 5.74) is 2.27. The average Bonchev–Trinajstić information content (AvgIpc) is 2.24. The summed E-state index contributed by atoms with van der Waals surface area (Å²) in [5.74, 6) is 0. The molecule has 0 aliphatic rings. The molecule has 0 radical (unpaired) electrons. The van der Waals surface area contributed by atoms with Crippen molar-refractivity contribution in [3.8, 4) is 0 Å². The van der Waals surface area contributed by atoms with Crippen LogP contribution in [0.3, 0.4) is 0 Å². The maximum absolute atomic E-state index is 10.9. The number of aryl methyl sites for hydroxylation is 1. The smallest absolute Gasteiger partial charge is 0.264 e. The Kier molecular flexibility index (Phi) is 4.89. The van der Waals surface area contributed by atoms with E-state index in [1.54, 1.807) is 0 Å². The lowest BCUT2D eigenvalue weighted by atomic mass is 10.2. The van der Waals surface area contributed by atoms with Crippen molar-refractivity contribution in [1.29, 1.82) is 0 Å². The highest BCUT2D eigenvalue weighted by Gasteiger charge is 2.08. The number of anilines is 1. The van der Waals surface area contributed by atoms with Gasteiger partial charge in [0.25, 0.3) is 10.1 Å². The minimum absolute atomic E-state index is 0.0352. The maximum atomic E-state index is 10.9. The van der Waals surface area contributed by atoms with Crippen LogP contribution >= 0.6 is 0 Å². The topological polar surface area (TPSA) is 68.3 Å². The Morgan fingerprint density at radius 3 is 2.71 bits per heavy atom. The van der Waals surface area contributed by atoms with Gasteiger partial charge < -0.3 is 5.32 Å². The molecule has 1 aromatic rings. The molecule has 0 aliphatic carbocycles. The molecule has 0 aromatic carbocycles. The van der Waals surface area contributed by atoms with Crippen LogP contribution in [0.2, 0.25) is 0 Å². The number of nitrogens with zero attached hydrogens (tertiary/aromatic N) is 1. The highest BCUT2D eigenvalue weighted by atomic mass is 32.2. The van der Waals surface area contributed by atoms with Gasteiger partial charge in [0, 0.05) is 12.2 Å². The third kappa shape index (κ3) is 5.14. The van der Waals surface area contributed by atoms with Gasteiger partial charge in [0.2, 0.25) is 0 Å². The van der Waals surface area contributed by atoms with Crippen molar-refractivity contribution in [1.82, 2.24) is 4.98 Å². The fourth-order valence-corrected chi connectivity index (χ4v) is 1.63. The second-order valence-electron chi connectivity index (χ2n) is 3.84. The first kappa shape index (κ1) is 13.9. The van der Waals surface area contributed by atoms with Crippen molar-refractivity contribution >= 4 is 15.8 Å². The van der Waals surface area contributed by atoms with Crippen LogP contribution in [0.1, 0.15) is 24.7 Å². The summed E-state index contributed by atoms with van der Waals surface area (Å²) in [6.45, 7) is 4.69. The Morgan fingerprint density at radius 1 is 1.41 bits per heavy atom. The van der Waals surface area contributed by atoms with Crippen molar-refractivity contribution in [2.75, 3.05) is 18.1 Å². The molecule has 1 heterocycles. The molecule has 0 saturated heterocycles. The number of rotatable bonds is 6. The number of nitrogens with one attached hydrogen (secondary N) is 1. The lowest BCUT2D eigenvalue weighted by Crippen LogP contribution is -2.09. The van der Waals surface area contributed by atoms with E-state index >= 15 is 0 Å². The van der Waals surface area contributed by atoms with E-state index < -0.39 is 10.1 Å².